The first-order chi connectivity index (χ1) is 9.85. The summed E-state index contributed by atoms with van der Waals surface area (Å²) in [6.45, 7) is 7.12. The van der Waals surface area contributed by atoms with E-state index in [4.69, 9.17) is 10.8 Å². The largest absolute Gasteiger partial charge is 0.481 e. The lowest BCUT2D eigenvalue weighted by Gasteiger charge is -2.19. The summed E-state index contributed by atoms with van der Waals surface area (Å²) >= 11 is 0. The summed E-state index contributed by atoms with van der Waals surface area (Å²) in [5.74, 6) is -2.61. The molecule has 2 atom stereocenters. The van der Waals surface area contributed by atoms with E-state index < -0.39 is 36.4 Å². The van der Waals surface area contributed by atoms with Gasteiger partial charge in [-0.3, -0.25) is 9.59 Å². The van der Waals surface area contributed by atoms with Crippen LogP contribution in [0.2, 0.25) is 0 Å². The Hall–Kier alpha value is -2.41. The summed E-state index contributed by atoms with van der Waals surface area (Å²) in [4.78, 5) is 33.9. The number of hydrogen-bond donors (Lipinski definition) is 3. The molecular formula is C14H20N2O5. The number of nitrogens with two attached hydrogens (primary N) is 1. The molecule has 7 heteroatoms. The van der Waals surface area contributed by atoms with Crippen LogP contribution in [0.25, 0.3) is 0 Å². The van der Waals surface area contributed by atoms with Crippen molar-refractivity contribution in [2.24, 2.45) is 5.73 Å². The first kappa shape index (κ1) is 18.6. The number of rotatable bonds is 9. The number of amides is 1. The van der Waals surface area contributed by atoms with Crippen LogP contribution < -0.4 is 11.1 Å². The number of carbonyl (C=O) groups excluding carboxylic acids is 2. The van der Waals surface area contributed by atoms with Gasteiger partial charge in [-0.05, 0) is 5.57 Å². The molecule has 1 amide bonds. The van der Waals surface area contributed by atoms with Crippen LogP contribution in [0.15, 0.2) is 37.0 Å². The van der Waals surface area contributed by atoms with Crippen molar-refractivity contribution in [1.82, 2.24) is 5.32 Å². The lowest BCUT2D eigenvalue weighted by molar-refractivity contribution is -0.145. The molecule has 0 heterocycles. The Bertz CT molecular complexity index is 456. The highest BCUT2D eigenvalue weighted by Crippen LogP contribution is 2.09. The first-order valence-electron chi connectivity index (χ1n) is 6.15. The third kappa shape index (κ3) is 7.07. The van der Waals surface area contributed by atoms with E-state index >= 15 is 0 Å². The fraction of sp³-hybridized carbons (Fsp3) is 0.357. The molecule has 0 bridgehead atoms. The predicted molar refractivity (Wildman–Crippen MR) is 77.3 cm³/mol. The normalized spacial score (nSPS) is 13.7. The van der Waals surface area contributed by atoms with Gasteiger partial charge in [0, 0.05) is 6.42 Å². The van der Waals surface area contributed by atoms with E-state index in [1.54, 1.807) is 6.08 Å². The third-order valence-electron chi connectivity index (χ3n) is 2.57. The van der Waals surface area contributed by atoms with Gasteiger partial charge < -0.3 is 20.9 Å². The van der Waals surface area contributed by atoms with Crippen molar-refractivity contribution in [2.45, 2.75) is 24.9 Å². The SMILES string of the molecule is C=C/C=C(\C=C)CC(NC(=O)C(N)CC(=O)O)C(=O)OC. The van der Waals surface area contributed by atoms with Gasteiger partial charge in [-0.2, -0.15) is 0 Å². The average molecular weight is 296 g/mol. The molecule has 0 rings (SSSR count). The first-order valence-corrected chi connectivity index (χ1v) is 6.15. The van der Waals surface area contributed by atoms with Gasteiger partial charge in [0.25, 0.3) is 0 Å². The Morgan fingerprint density at radius 3 is 2.38 bits per heavy atom. The lowest BCUT2D eigenvalue weighted by atomic mass is 10.0. The van der Waals surface area contributed by atoms with Crippen molar-refractivity contribution >= 4 is 17.8 Å². The van der Waals surface area contributed by atoms with E-state index in [1.165, 1.54) is 19.3 Å². The molecule has 0 aromatic carbocycles. The minimum atomic E-state index is -1.25. The minimum Gasteiger partial charge on any atom is -0.481 e. The van der Waals surface area contributed by atoms with Crippen molar-refractivity contribution in [3.05, 3.63) is 37.0 Å². The molecule has 0 aromatic heterocycles. The molecule has 0 aromatic rings. The van der Waals surface area contributed by atoms with Gasteiger partial charge in [-0.15, -0.1) is 0 Å². The number of esters is 1. The van der Waals surface area contributed by atoms with Crippen molar-refractivity contribution < 1.29 is 24.2 Å². The number of carbonyl (C=O) groups is 3. The molecular weight excluding hydrogens is 276 g/mol. The number of nitrogens with one attached hydrogen (secondary N) is 1. The summed E-state index contributed by atoms with van der Waals surface area (Å²) in [6.07, 6.45) is 4.26. The van der Waals surface area contributed by atoms with Crippen molar-refractivity contribution in [1.29, 1.82) is 0 Å². The number of carboxylic acid groups (broad SMARTS) is 1. The highest BCUT2D eigenvalue weighted by Gasteiger charge is 2.25. The maximum atomic E-state index is 11.8. The van der Waals surface area contributed by atoms with E-state index in [0.717, 1.165) is 0 Å². The lowest BCUT2D eigenvalue weighted by Crippen LogP contribution is -2.49. The molecule has 0 saturated carbocycles. The fourth-order valence-corrected chi connectivity index (χ4v) is 1.50. The molecule has 0 radical (unpaired) electrons. The van der Waals surface area contributed by atoms with Crippen LogP contribution in [-0.4, -0.2) is 42.1 Å². The number of methoxy groups -OCH3 is 1. The molecule has 0 aliphatic heterocycles. The number of aliphatic carboxylic acids is 1. The van der Waals surface area contributed by atoms with Gasteiger partial charge in [0.05, 0.1) is 19.6 Å². The summed E-state index contributed by atoms with van der Waals surface area (Å²) < 4.78 is 4.60. The Balaban J connectivity index is 4.93. The van der Waals surface area contributed by atoms with Crippen molar-refractivity contribution in [2.75, 3.05) is 7.11 Å². The van der Waals surface area contributed by atoms with Gasteiger partial charge in [-0.25, -0.2) is 4.79 Å². The zero-order chi connectivity index (χ0) is 16.4. The van der Waals surface area contributed by atoms with E-state index in [2.05, 4.69) is 23.2 Å². The van der Waals surface area contributed by atoms with Crippen molar-refractivity contribution in [3.8, 4) is 0 Å². The Morgan fingerprint density at radius 2 is 1.95 bits per heavy atom. The van der Waals surface area contributed by atoms with Crippen molar-refractivity contribution in [3.63, 3.8) is 0 Å². The van der Waals surface area contributed by atoms with E-state index in [9.17, 15) is 14.4 Å². The zero-order valence-electron chi connectivity index (χ0n) is 11.9. The Morgan fingerprint density at radius 1 is 1.33 bits per heavy atom. The molecule has 0 aliphatic carbocycles. The molecule has 116 valence electrons. The highest BCUT2D eigenvalue weighted by atomic mass is 16.5. The Kier molecular flexibility index (Phi) is 8.40. The maximum absolute atomic E-state index is 11.8. The number of hydrogen-bond acceptors (Lipinski definition) is 5. The van der Waals surface area contributed by atoms with Crippen LogP contribution in [-0.2, 0) is 19.1 Å². The molecule has 0 aliphatic rings. The quantitative estimate of drug-likeness (QED) is 0.411. The van der Waals surface area contributed by atoms with E-state index in [1.807, 2.05) is 0 Å². The molecule has 21 heavy (non-hydrogen) atoms. The monoisotopic (exact) mass is 296 g/mol. The summed E-state index contributed by atoms with van der Waals surface area (Å²) in [6, 6.07) is -2.23. The van der Waals surface area contributed by atoms with Crippen LogP contribution >= 0.6 is 0 Å². The predicted octanol–water partition coefficient (Wildman–Crippen LogP) is 0.135. The maximum Gasteiger partial charge on any atom is 0.328 e. The third-order valence-corrected chi connectivity index (χ3v) is 2.57. The van der Waals surface area contributed by atoms with E-state index in [0.29, 0.717) is 5.57 Å². The highest BCUT2D eigenvalue weighted by molar-refractivity contribution is 5.89. The minimum absolute atomic E-state index is 0.133. The topological polar surface area (TPSA) is 119 Å². The van der Waals surface area contributed by atoms with Gasteiger partial charge in [0.15, 0.2) is 0 Å². The second-order valence-corrected chi connectivity index (χ2v) is 4.17. The van der Waals surface area contributed by atoms with Crippen LogP contribution in [0.3, 0.4) is 0 Å². The molecule has 0 fully saturated rings. The summed E-state index contributed by atoms with van der Waals surface area (Å²) in [7, 11) is 1.18. The number of carboxylic acids is 1. The summed E-state index contributed by atoms with van der Waals surface area (Å²) in [5.41, 5.74) is 6.09. The van der Waals surface area contributed by atoms with Gasteiger partial charge >= 0.3 is 11.9 Å². The van der Waals surface area contributed by atoms with E-state index in [-0.39, 0.29) is 6.42 Å². The second kappa shape index (κ2) is 9.49. The molecule has 7 nitrogen and oxygen atoms in total. The summed E-state index contributed by atoms with van der Waals surface area (Å²) in [5, 5.41) is 11.0. The van der Waals surface area contributed by atoms with Crippen LogP contribution in [0.4, 0.5) is 0 Å². The van der Waals surface area contributed by atoms with Gasteiger partial charge in [0.2, 0.25) is 5.91 Å². The van der Waals surface area contributed by atoms with Gasteiger partial charge in [0.1, 0.15) is 6.04 Å². The Labute approximate surface area is 123 Å². The van der Waals surface area contributed by atoms with Crippen LogP contribution in [0.1, 0.15) is 12.8 Å². The fourth-order valence-electron chi connectivity index (χ4n) is 1.50. The standard InChI is InChI=1S/C14H20N2O5/c1-4-6-9(5-2)7-11(14(20)21-3)16-13(19)10(15)8-12(17)18/h4-6,10-11H,1-2,7-8,15H2,3H3,(H,16,19)(H,17,18)/b9-6+. The molecule has 2 unspecified atom stereocenters. The molecule has 0 saturated heterocycles. The number of allylic oxidation sites excluding steroid dienone is 3. The number of ether oxygens (including phenoxy) is 1. The van der Waals surface area contributed by atoms with Gasteiger partial charge in [-0.1, -0.05) is 31.4 Å². The molecule has 0 spiro atoms. The average Bonchev–Trinajstić information content (AvgIpc) is 2.43. The van der Waals surface area contributed by atoms with Crippen LogP contribution in [0, 0.1) is 0 Å². The molecule has 4 N–H and O–H groups in total. The zero-order valence-corrected chi connectivity index (χ0v) is 11.9. The smallest absolute Gasteiger partial charge is 0.328 e. The van der Waals surface area contributed by atoms with Crippen LogP contribution in [0.5, 0.6) is 0 Å². The second-order valence-electron chi connectivity index (χ2n) is 4.17.